The normalized spacial score (nSPS) is 19.2. The molecule has 1 saturated heterocycles. The molecule has 0 radical (unpaired) electrons. The molecule has 0 aliphatic carbocycles. The van der Waals surface area contributed by atoms with Gasteiger partial charge in [0.2, 0.25) is 5.91 Å². The molecule has 4 nitrogen and oxygen atoms in total. The summed E-state index contributed by atoms with van der Waals surface area (Å²) in [6.45, 7) is 1.47. The Bertz CT molecular complexity index is 625. The van der Waals surface area contributed by atoms with Crippen molar-refractivity contribution in [3.63, 3.8) is 0 Å². The summed E-state index contributed by atoms with van der Waals surface area (Å²) in [5, 5.41) is 8.24. The number of ether oxygens (including phenoxy) is 1. The molecule has 2 N–H and O–H groups in total. The molecule has 1 aliphatic rings. The van der Waals surface area contributed by atoms with E-state index in [9.17, 15) is 4.79 Å². The highest BCUT2D eigenvalue weighted by atomic mass is 16.5. The zero-order valence-electron chi connectivity index (χ0n) is 10.8. The summed E-state index contributed by atoms with van der Waals surface area (Å²) in [6.07, 6.45) is 0. The average Bonchev–Trinajstić information content (AvgIpc) is 2.47. The van der Waals surface area contributed by atoms with Crippen LogP contribution in [0.2, 0.25) is 0 Å². The van der Waals surface area contributed by atoms with Crippen LogP contribution in [-0.4, -0.2) is 26.1 Å². The van der Waals surface area contributed by atoms with Crippen LogP contribution in [0.4, 0.5) is 0 Å². The number of fused-ring (bicyclic) bond motifs is 1. The van der Waals surface area contributed by atoms with Gasteiger partial charge in [-0.15, -0.1) is 0 Å². The molecule has 4 heteroatoms. The van der Waals surface area contributed by atoms with Crippen LogP contribution >= 0.6 is 0 Å². The summed E-state index contributed by atoms with van der Waals surface area (Å²) in [4.78, 5) is 12.0. The quantitative estimate of drug-likeness (QED) is 0.858. The van der Waals surface area contributed by atoms with Gasteiger partial charge >= 0.3 is 0 Å². The summed E-state index contributed by atoms with van der Waals surface area (Å²) < 4.78 is 5.38. The summed E-state index contributed by atoms with van der Waals surface area (Å²) in [7, 11) is 1.66. The van der Waals surface area contributed by atoms with E-state index in [0.29, 0.717) is 6.54 Å². The Morgan fingerprint density at radius 3 is 2.63 bits per heavy atom. The van der Waals surface area contributed by atoms with E-state index in [4.69, 9.17) is 4.74 Å². The van der Waals surface area contributed by atoms with Crippen molar-refractivity contribution in [1.29, 1.82) is 0 Å². The number of hydrogen-bond donors (Lipinski definition) is 2. The number of carbonyl (C=O) groups is 1. The Labute approximate surface area is 111 Å². The molecule has 3 rings (SSSR count). The number of methoxy groups -OCH3 is 1. The molecular formula is C15H16N2O2. The first kappa shape index (κ1) is 12.0. The SMILES string of the molecule is COc1ccc(C2NCCNC2=O)c2ccccc12. The fraction of sp³-hybridized carbons (Fsp3) is 0.267. The molecular weight excluding hydrogens is 240 g/mol. The summed E-state index contributed by atoms with van der Waals surface area (Å²) >= 11 is 0. The lowest BCUT2D eigenvalue weighted by atomic mass is 9.96. The molecule has 1 fully saturated rings. The average molecular weight is 256 g/mol. The zero-order valence-corrected chi connectivity index (χ0v) is 10.8. The monoisotopic (exact) mass is 256 g/mol. The van der Waals surface area contributed by atoms with Crippen molar-refractivity contribution in [1.82, 2.24) is 10.6 Å². The van der Waals surface area contributed by atoms with E-state index in [1.54, 1.807) is 7.11 Å². The molecule has 1 aliphatic heterocycles. The molecule has 1 unspecified atom stereocenters. The summed E-state index contributed by atoms with van der Waals surface area (Å²) in [5.74, 6) is 0.858. The van der Waals surface area contributed by atoms with Gasteiger partial charge < -0.3 is 15.4 Å². The fourth-order valence-corrected chi connectivity index (χ4v) is 2.57. The molecule has 19 heavy (non-hydrogen) atoms. The minimum atomic E-state index is -0.287. The van der Waals surface area contributed by atoms with Gasteiger partial charge in [0.25, 0.3) is 0 Å². The van der Waals surface area contributed by atoms with Gasteiger partial charge in [-0.2, -0.15) is 0 Å². The van der Waals surface area contributed by atoms with Gasteiger partial charge in [-0.25, -0.2) is 0 Å². The van der Waals surface area contributed by atoms with E-state index in [1.165, 1.54) is 0 Å². The van der Waals surface area contributed by atoms with E-state index < -0.39 is 0 Å². The topological polar surface area (TPSA) is 50.4 Å². The highest BCUT2D eigenvalue weighted by Crippen LogP contribution is 2.31. The Morgan fingerprint density at radius 1 is 1.11 bits per heavy atom. The van der Waals surface area contributed by atoms with Crippen LogP contribution in [0.5, 0.6) is 5.75 Å². The molecule has 1 heterocycles. The summed E-state index contributed by atoms with van der Waals surface area (Å²) in [5.41, 5.74) is 0.994. The third-order valence-corrected chi connectivity index (χ3v) is 3.48. The van der Waals surface area contributed by atoms with Gasteiger partial charge in [0.05, 0.1) is 7.11 Å². The lowest BCUT2D eigenvalue weighted by molar-refractivity contribution is -0.124. The highest BCUT2D eigenvalue weighted by molar-refractivity contribution is 5.96. The number of benzene rings is 2. The predicted octanol–water partition coefficient (Wildman–Crippen LogP) is 1.61. The second-order valence-electron chi connectivity index (χ2n) is 4.58. The number of amides is 1. The molecule has 2 aromatic rings. The van der Waals surface area contributed by atoms with Crippen LogP contribution in [0.25, 0.3) is 10.8 Å². The third kappa shape index (κ3) is 2.04. The summed E-state index contributed by atoms with van der Waals surface area (Å²) in [6, 6.07) is 11.6. The standard InChI is InChI=1S/C15H16N2O2/c1-19-13-7-6-12(10-4-2-3-5-11(10)13)14-15(18)17-9-8-16-14/h2-7,14,16H,8-9H2,1H3,(H,17,18). The second kappa shape index (κ2) is 4.90. The Hall–Kier alpha value is -2.07. The predicted molar refractivity (Wildman–Crippen MR) is 74.3 cm³/mol. The lowest BCUT2D eigenvalue weighted by Gasteiger charge is -2.25. The van der Waals surface area contributed by atoms with E-state index >= 15 is 0 Å². The van der Waals surface area contributed by atoms with E-state index in [1.807, 2.05) is 36.4 Å². The maximum absolute atomic E-state index is 12.0. The van der Waals surface area contributed by atoms with Crippen molar-refractivity contribution in [3.05, 3.63) is 42.0 Å². The molecule has 0 spiro atoms. The van der Waals surface area contributed by atoms with Gasteiger partial charge in [-0.3, -0.25) is 4.79 Å². The van der Waals surface area contributed by atoms with Crippen LogP contribution in [-0.2, 0) is 4.79 Å². The van der Waals surface area contributed by atoms with Crippen molar-refractivity contribution in [2.24, 2.45) is 0 Å². The molecule has 0 saturated carbocycles. The molecule has 1 amide bonds. The van der Waals surface area contributed by atoms with Crippen LogP contribution in [0, 0.1) is 0 Å². The van der Waals surface area contributed by atoms with Crippen molar-refractivity contribution in [2.75, 3.05) is 20.2 Å². The molecule has 1 atom stereocenters. The van der Waals surface area contributed by atoms with E-state index in [-0.39, 0.29) is 11.9 Å². The first-order valence-electron chi connectivity index (χ1n) is 6.38. The van der Waals surface area contributed by atoms with Crippen molar-refractivity contribution in [3.8, 4) is 5.75 Å². The largest absolute Gasteiger partial charge is 0.496 e. The van der Waals surface area contributed by atoms with Gasteiger partial charge in [-0.05, 0) is 17.0 Å². The lowest BCUT2D eigenvalue weighted by Crippen LogP contribution is -2.47. The van der Waals surface area contributed by atoms with Crippen LogP contribution < -0.4 is 15.4 Å². The molecule has 0 aromatic heterocycles. The minimum absolute atomic E-state index is 0.0292. The van der Waals surface area contributed by atoms with Crippen molar-refractivity contribution < 1.29 is 9.53 Å². The number of carbonyl (C=O) groups excluding carboxylic acids is 1. The molecule has 98 valence electrons. The van der Waals surface area contributed by atoms with Gasteiger partial charge in [0.15, 0.2) is 0 Å². The molecule has 0 bridgehead atoms. The third-order valence-electron chi connectivity index (χ3n) is 3.48. The zero-order chi connectivity index (χ0) is 13.2. The maximum atomic E-state index is 12.0. The Kier molecular flexibility index (Phi) is 3.09. The minimum Gasteiger partial charge on any atom is -0.496 e. The van der Waals surface area contributed by atoms with E-state index in [0.717, 1.165) is 28.6 Å². The first-order chi connectivity index (χ1) is 9.31. The van der Waals surface area contributed by atoms with Crippen LogP contribution in [0.1, 0.15) is 11.6 Å². The van der Waals surface area contributed by atoms with E-state index in [2.05, 4.69) is 10.6 Å². The highest BCUT2D eigenvalue weighted by Gasteiger charge is 2.25. The number of hydrogen-bond acceptors (Lipinski definition) is 3. The van der Waals surface area contributed by atoms with Crippen molar-refractivity contribution in [2.45, 2.75) is 6.04 Å². The van der Waals surface area contributed by atoms with Gasteiger partial charge in [0, 0.05) is 18.5 Å². The smallest absolute Gasteiger partial charge is 0.241 e. The number of rotatable bonds is 2. The van der Waals surface area contributed by atoms with Crippen molar-refractivity contribution >= 4 is 16.7 Å². The second-order valence-corrected chi connectivity index (χ2v) is 4.58. The Morgan fingerprint density at radius 2 is 1.89 bits per heavy atom. The first-order valence-corrected chi connectivity index (χ1v) is 6.38. The number of nitrogens with one attached hydrogen (secondary N) is 2. The Balaban J connectivity index is 2.16. The van der Waals surface area contributed by atoms with Crippen LogP contribution in [0.3, 0.4) is 0 Å². The molecule has 2 aromatic carbocycles. The van der Waals surface area contributed by atoms with Gasteiger partial charge in [-0.1, -0.05) is 30.3 Å². The number of piperazine rings is 1. The van der Waals surface area contributed by atoms with Gasteiger partial charge in [0.1, 0.15) is 11.8 Å². The fourth-order valence-electron chi connectivity index (χ4n) is 2.57. The van der Waals surface area contributed by atoms with Crippen LogP contribution in [0.15, 0.2) is 36.4 Å². The maximum Gasteiger partial charge on any atom is 0.241 e.